The van der Waals surface area contributed by atoms with Crippen LogP contribution in [-0.4, -0.2) is 39.9 Å². The van der Waals surface area contributed by atoms with E-state index in [4.69, 9.17) is 9.72 Å². The number of benzene rings is 2. The summed E-state index contributed by atoms with van der Waals surface area (Å²) >= 11 is 0. The first kappa shape index (κ1) is 19.9. The van der Waals surface area contributed by atoms with Gasteiger partial charge in [-0.1, -0.05) is 30.3 Å². The summed E-state index contributed by atoms with van der Waals surface area (Å²) in [5, 5.41) is 9.80. The number of fused-ring (bicyclic) bond motifs is 3. The Morgan fingerprint density at radius 3 is 2.63 bits per heavy atom. The number of carbonyl (C=O) groups excluding carboxylic acids is 1. The molecule has 1 aliphatic heterocycles. The molecule has 1 aliphatic rings. The van der Waals surface area contributed by atoms with Gasteiger partial charge in [0.2, 0.25) is 0 Å². The molecule has 2 aromatic carbocycles. The van der Waals surface area contributed by atoms with Crippen LogP contribution in [0.2, 0.25) is 0 Å². The average Bonchev–Trinajstić information content (AvgIpc) is 3.07. The number of aromatic nitrogens is 2. The molecule has 3 aromatic rings. The zero-order valence-corrected chi connectivity index (χ0v) is 17.3. The van der Waals surface area contributed by atoms with Crippen molar-refractivity contribution in [2.75, 3.05) is 12.0 Å². The molecule has 0 bridgehead atoms. The maximum absolute atomic E-state index is 12.3. The van der Waals surface area contributed by atoms with Crippen molar-refractivity contribution < 1.29 is 19.4 Å². The Balaban J connectivity index is 1.78. The van der Waals surface area contributed by atoms with E-state index in [0.717, 1.165) is 40.7 Å². The van der Waals surface area contributed by atoms with Gasteiger partial charge in [-0.2, -0.15) is 0 Å². The van der Waals surface area contributed by atoms with Gasteiger partial charge in [0.25, 0.3) is 0 Å². The molecule has 2 heterocycles. The Labute approximate surface area is 174 Å². The highest BCUT2D eigenvalue weighted by molar-refractivity contribution is 5.95. The molecule has 0 radical (unpaired) electrons. The molecule has 1 aromatic heterocycles. The minimum atomic E-state index is -0.874. The normalized spacial score (nSPS) is 16.9. The number of imidazole rings is 1. The number of hydrogen-bond acceptors (Lipinski definition) is 4. The Morgan fingerprint density at radius 1 is 1.23 bits per heavy atom. The van der Waals surface area contributed by atoms with E-state index >= 15 is 0 Å². The fourth-order valence-electron chi connectivity index (χ4n) is 4.32. The number of nitrogens with zero attached hydrogens (tertiary/aromatic N) is 3. The summed E-state index contributed by atoms with van der Waals surface area (Å²) in [5.41, 5.74) is 4.33. The average molecular weight is 407 g/mol. The van der Waals surface area contributed by atoms with Crippen LogP contribution in [0.5, 0.6) is 0 Å². The number of carboxylic acids is 1. The van der Waals surface area contributed by atoms with Crippen LogP contribution in [0.15, 0.2) is 42.5 Å². The summed E-state index contributed by atoms with van der Waals surface area (Å²) in [6, 6.07) is 13.1. The van der Waals surface area contributed by atoms with Crippen molar-refractivity contribution in [3.63, 3.8) is 0 Å². The third-order valence-corrected chi connectivity index (χ3v) is 6.00. The van der Waals surface area contributed by atoms with Gasteiger partial charge in [0.15, 0.2) is 0 Å². The summed E-state index contributed by atoms with van der Waals surface area (Å²) in [6.07, 6.45) is 1.53. The Morgan fingerprint density at radius 2 is 1.97 bits per heavy atom. The molecule has 0 saturated heterocycles. The van der Waals surface area contributed by atoms with Gasteiger partial charge >= 0.3 is 12.1 Å². The molecular formula is C23H25N3O4. The monoisotopic (exact) mass is 407 g/mol. The number of carboxylic acid groups (broad SMARTS) is 1. The lowest BCUT2D eigenvalue weighted by atomic mass is 9.95. The van der Waals surface area contributed by atoms with Gasteiger partial charge in [0.05, 0.1) is 29.7 Å². The number of rotatable bonds is 4. The summed E-state index contributed by atoms with van der Waals surface area (Å²) in [7, 11) is 3.29. The van der Waals surface area contributed by atoms with E-state index in [2.05, 4.69) is 0 Å². The zero-order valence-electron chi connectivity index (χ0n) is 17.3. The van der Waals surface area contributed by atoms with Gasteiger partial charge in [-0.15, -0.1) is 0 Å². The molecule has 2 atom stereocenters. The van der Waals surface area contributed by atoms with Crippen LogP contribution in [-0.2, 0) is 29.4 Å². The lowest BCUT2D eigenvalue weighted by molar-refractivity contribution is -0.138. The maximum atomic E-state index is 12.3. The number of aryl methyl sites for hydroxylation is 2. The van der Waals surface area contributed by atoms with Crippen LogP contribution < -0.4 is 4.90 Å². The third kappa shape index (κ3) is 3.30. The molecule has 7 heteroatoms. The van der Waals surface area contributed by atoms with Crippen molar-refractivity contribution in [1.82, 2.24) is 9.55 Å². The van der Waals surface area contributed by atoms with Crippen molar-refractivity contribution in [3.05, 3.63) is 59.4 Å². The first-order chi connectivity index (χ1) is 14.4. The van der Waals surface area contributed by atoms with E-state index in [9.17, 15) is 14.7 Å². The first-order valence-electron chi connectivity index (χ1n) is 10.0. The summed E-state index contributed by atoms with van der Waals surface area (Å²) < 4.78 is 6.94. The Kier molecular flexibility index (Phi) is 5.20. The molecule has 0 aliphatic carbocycles. The second kappa shape index (κ2) is 7.82. The topological polar surface area (TPSA) is 84.7 Å². The van der Waals surface area contributed by atoms with Crippen molar-refractivity contribution in [2.24, 2.45) is 7.05 Å². The van der Waals surface area contributed by atoms with Crippen LogP contribution in [0.3, 0.4) is 0 Å². The molecule has 1 N–H and O–H groups in total. The van der Waals surface area contributed by atoms with Crippen molar-refractivity contribution in [3.8, 4) is 0 Å². The molecule has 7 nitrogen and oxygen atoms in total. The van der Waals surface area contributed by atoms with Crippen molar-refractivity contribution in [2.45, 2.75) is 38.1 Å². The number of anilines is 1. The fraction of sp³-hybridized carbons (Fsp3) is 0.348. The minimum Gasteiger partial charge on any atom is -0.481 e. The van der Waals surface area contributed by atoms with E-state index in [-0.39, 0.29) is 18.6 Å². The van der Waals surface area contributed by atoms with E-state index in [1.165, 1.54) is 7.11 Å². The SMILES string of the molecule is COC(=O)N1c2ccc3c(nc(C[C@@H](C(=O)O)c4ccccc4)n3C)c2CC[C@@H]1C. The molecule has 0 saturated carbocycles. The largest absolute Gasteiger partial charge is 0.481 e. The number of ether oxygens (including phenoxy) is 1. The van der Waals surface area contributed by atoms with Gasteiger partial charge in [0, 0.05) is 25.1 Å². The van der Waals surface area contributed by atoms with Gasteiger partial charge < -0.3 is 14.4 Å². The van der Waals surface area contributed by atoms with Crippen LogP contribution in [0, 0.1) is 0 Å². The van der Waals surface area contributed by atoms with E-state index in [1.807, 2.05) is 61.0 Å². The van der Waals surface area contributed by atoms with Gasteiger partial charge in [-0.05, 0) is 37.5 Å². The minimum absolute atomic E-state index is 0.0417. The lowest BCUT2D eigenvalue weighted by Crippen LogP contribution is -2.42. The van der Waals surface area contributed by atoms with Crippen molar-refractivity contribution >= 4 is 28.8 Å². The quantitative estimate of drug-likeness (QED) is 0.709. The van der Waals surface area contributed by atoms with Crippen LogP contribution in [0.1, 0.15) is 36.2 Å². The number of methoxy groups -OCH3 is 1. The number of hydrogen-bond donors (Lipinski definition) is 1. The summed E-state index contributed by atoms with van der Waals surface area (Å²) in [6.45, 7) is 2.01. The Bertz CT molecular complexity index is 1110. The molecule has 0 unspecified atom stereocenters. The molecule has 0 spiro atoms. The molecular weight excluding hydrogens is 382 g/mol. The standard InChI is InChI=1S/C23H25N3O4/c1-14-9-10-16-18(26(14)23(29)30-3)11-12-19-21(16)24-20(25(19)2)13-17(22(27)28)15-7-5-4-6-8-15/h4-8,11-12,14,17H,9-10,13H2,1-3H3,(H,27,28)/t14-,17+/m0/s1. The first-order valence-corrected chi connectivity index (χ1v) is 10.0. The highest BCUT2D eigenvalue weighted by Gasteiger charge is 2.31. The maximum Gasteiger partial charge on any atom is 0.414 e. The van der Waals surface area contributed by atoms with Gasteiger partial charge in [-0.3, -0.25) is 9.69 Å². The fourth-order valence-corrected chi connectivity index (χ4v) is 4.32. The highest BCUT2D eigenvalue weighted by Crippen LogP contribution is 2.36. The predicted octanol–water partition coefficient (Wildman–Crippen LogP) is 3.89. The van der Waals surface area contributed by atoms with Gasteiger partial charge in [-0.25, -0.2) is 9.78 Å². The highest BCUT2D eigenvalue weighted by atomic mass is 16.5. The van der Waals surface area contributed by atoms with E-state index in [1.54, 1.807) is 4.90 Å². The third-order valence-electron chi connectivity index (χ3n) is 6.00. The van der Waals surface area contributed by atoms with Crippen LogP contribution >= 0.6 is 0 Å². The predicted molar refractivity (Wildman–Crippen MR) is 114 cm³/mol. The molecule has 30 heavy (non-hydrogen) atoms. The van der Waals surface area contributed by atoms with Crippen molar-refractivity contribution in [1.29, 1.82) is 0 Å². The molecule has 4 rings (SSSR count). The lowest BCUT2D eigenvalue weighted by Gasteiger charge is -2.34. The number of carbonyl (C=O) groups is 2. The second-order valence-corrected chi connectivity index (χ2v) is 7.75. The Hall–Kier alpha value is -3.35. The second-order valence-electron chi connectivity index (χ2n) is 7.75. The van der Waals surface area contributed by atoms with Crippen LogP contribution in [0.25, 0.3) is 11.0 Å². The van der Waals surface area contributed by atoms with E-state index < -0.39 is 11.9 Å². The summed E-state index contributed by atoms with van der Waals surface area (Å²) in [4.78, 5) is 30.8. The summed E-state index contributed by atoms with van der Waals surface area (Å²) in [5.74, 6) is -0.844. The molecule has 0 fully saturated rings. The zero-order chi connectivity index (χ0) is 21.4. The van der Waals surface area contributed by atoms with Gasteiger partial charge in [0.1, 0.15) is 5.82 Å². The molecule has 156 valence electrons. The molecule has 1 amide bonds. The number of amides is 1. The smallest absolute Gasteiger partial charge is 0.414 e. The van der Waals surface area contributed by atoms with E-state index in [0.29, 0.717) is 5.82 Å². The van der Waals surface area contributed by atoms with Crippen LogP contribution in [0.4, 0.5) is 10.5 Å². The number of aliphatic carboxylic acids is 1.